The number of carbonyl (C=O) groups is 1. The van der Waals surface area contributed by atoms with Gasteiger partial charge in [0.15, 0.2) is 5.69 Å². The van der Waals surface area contributed by atoms with Crippen molar-refractivity contribution < 1.29 is 32.8 Å². The van der Waals surface area contributed by atoms with Crippen LogP contribution < -0.4 is 5.59 Å². The molecule has 0 aliphatic heterocycles. The molecule has 1 aromatic heterocycles. The topological polar surface area (TPSA) is 84.6 Å². The maximum atomic E-state index is 12.5. The molecule has 10 heteroatoms. The van der Waals surface area contributed by atoms with Crippen molar-refractivity contribution in [1.82, 2.24) is 9.78 Å². The lowest BCUT2D eigenvalue weighted by atomic mass is 9.86. The quantitative estimate of drug-likeness (QED) is 0.726. The lowest BCUT2D eigenvalue weighted by Gasteiger charge is -2.19. The van der Waals surface area contributed by atoms with Crippen LogP contribution in [-0.4, -0.2) is 38.6 Å². The van der Waals surface area contributed by atoms with E-state index in [0.29, 0.717) is 6.07 Å². The van der Waals surface area contributed by atoms with E-state index in [9.17, 15) is 18.0 Å². The Morgan fingerprint density at radius 3 is 2.26 bits per heavy atom. The fourth-order valence-corrected chi connectivity index (χ4v) is 1.17. The summed E-state index contributed by atoms with van der Waals surface area (Å²) in [6.45, 7) is 4.52. The van der Waals surface area contributed by atoms with Crippen LogP contribution in [-0.2, 0) is 10.9 Å². The summed E-state index contributed by atoms with van der Waals surface area (Å²) < 4.78 is 42.4. The summed E-state index contributed by atoms with van der Waals surface area (Å²) in [4.78, 5) is 11.6. The van der Waals surface area contributed by atoms with Crippen molar-refractivity contribution >= 4 is 18.8 Å². The molecular formula is C9H12BF3N2O4. The second-order valence-corrected chi connectivity index (χ2v) is 4.72. The average molecular weight is 280 g/mol. The smallest absolute Gasteiger partial charge is 0.442 e. The molecule has 0 atom stereocenters. The molecule has 106 valence electrons. The van der Waals surface area contributed by atoms with Gasteiger partial charge in [-0.1, -0.05) is 0 Å². The van der Waals surface area contributed by atoms with Crippen molar-refractivity contribution in [3.05, 3.63) is 11.8 Å². The summed E-state index contributed by atoms with van der Waals surface area (Å²) in [7, 11) is -2.28. The molecular weight excluding hydrogens is 268 g/mol. The van der Waals surface area contributed by atoms with E-state index < -0.39 is 36.3 Å². The number of carbonyl (C=O) groups excluding carboxylic acids is 1. The van der Waals surface area contributed by atoms with E-state index in [-0.39, 0.29) is 4.68 Å². The fraction of sp³-hybridized carbons (Fsp3) is 0.556. The lowest BCUT2D eigenvalue weighted by molar-refractivity contribution is -0.141. The highest BCUT2D eigenvalue weighted by atomic mass is 19.4. The summed E-state index contributed by atoms with van der Waals surface area (Å²) in [5, 5.41) is 20.9. The number of hydrogen-bond donors (Lipinski definition) is 2. The number of nitrogens with zero attached hydrogens (tertiary/aromatic N) is 2. The van der Waals surface area contributed by atoms with Gasteiger partial charge >= 0.3 is 19.4 Å². The third kappa shape index (κ3) is 3.96. The Balaban J connectivity index is 3.19. The van der Waals surface area contributed by atoms with Gasteiger partial charge in [-0.2, -0.15) is 23.0 Å². The third-order valence-corrected chi connectivity index (χ3v) is 1.86. The number of rotatable bonds is 1. The summed E-state index contributed by atoms with van der Waals surface area (Å²) in [6, 6.07) is 0.370. The number of ether oxygens (including phenoxy) is 1. The van der Waals surface area contributed by atoms with E-state index >= 15 is 0 Å². The van der Waals surface area contributed by atoms with Crippen molar-refractivity contribution in [3.8, 4) is 0 Å². The first kappa shape index (κ1) is 15.5. The van der Waals surface area contributed by atoms with Crippen LogP contribution in [0.5, 0.6) is 0 Å². The second-order valence-electron chi connectivity index (χ2n) is 4.72. The number of halogens is 3. The largest absolute Gasteiger partial charge is 0.508 e. The average Bonchev–Trinajstić information content (AvgIpc) is 2.57. The van der Waals surface area contributed by atoms with E-state index in [1.807, 2.05) is 0 Å². The van der Waals surface area contributed by atoms with Crippen molar-refractivity contribution in [3.63, 3.8) is 0 Å². The molecule has 0 bridgehead atoms. The highest BCUT2D eigenvalue weighted by Crippen LogP contribution is 2.27. The van der Waals surface area contributed by atoms with Gasteiger partial charge in [0.25, 0.3) is 0 Å². The van der Waals surface area contributed by atoms with Gasteiger partial charge in [-0.05, 0) is 26.8 Å². The zero-order valence-corrected chi connectivity index (χ0v) is 10.4. The molecule has 6 nitrogen and oxygen atoms in total. The highest BCUT2D eigenvalue weighted by Gasteiger charge is 2.38. The molecule has 0 spiro atoms. The fourth-order valence-electron chi connectivity index (χ4n) is 1.17. The van der Waals surface area contributed by atoms with Crippen molar-refractivity contribution in [2.24, 2.45) is 0 Å². The Bertz CT molecular complexity index is 479. The standard InChI is InChI=1S/C9H12BF3N2O4/c1-8(2,3)19-7(16)15-6(10(17)18)4-5(14-15)9(11,12)13/h4,17-18H,1-3H3. The molecule has 0 aliphatic carbocycles. The Morgan fingerprint density at radius 1 is 1.37 bits per heavy atom. The molecule has 0 amide bonds. The van der Waals surface area contributed by atoms with Gasteiger partial charge < -0.3 is 14.8 Å². The van der Waals surface area contributed by atoms with Gasteiger partial charge in [-0.15, -0.1) is 0 Å². The van der Waals surface area contributed by atoms with E-state index in [4.69, 9.17) is 14.8 Å². The van der Waals surface area contributed by atoms with Crippen LogP contribution in [0.4, 0.5) is 18.0 Å². The van der Waals surface area contributed by atoms with Crippen LogP contribution in [0.25, 0.3) is 0 Å². The van der Waals surface area contributed by atoms with E-state index in [1.54, 1.807) is 0 Å². The summed E-state index contributed by atoms with van der Waals surface area (Å²) >= 11 is 0. The molecule has 2 N–H and O–H groups in total. The minimum absolute atomic E-state index is 0.179. The van der Waals surface area contributed by atoms with Gasteiger partial charge in [0.2, 0.25) is 0 Å². The van der Waals surface area contributed by atoms with Crippen LogP contribution in [0, 0.1) is 0 Å². The van der Waals surface area contributed by atoms with Crippen molar-refractivity contribution in [2.45, 2.75) is 32.5 Å². The lowest BCUT2D eigenvalue weighted by Crippen LogP contribution is -2.41. The third-order valence-electron chi connectivity index (χ3n) is 1.86. The van der Waals surface area contributed by atoms with Crippen LogP contribution in [0.3, 0.4) is 0 Å². The number of aromatic nitrogens is 2. The van der Waals surface area contributed by atoms with Crippen LogP contribution in [0.15, 0.2) is 6.07 Å². The number of hydrogen-bond acceptors (Lipinski definition) is 5. The predicted octanol–water partition coefficient (Wildman–Crippen LogP) is 0.365. The zero-order chi connectivity index (χ0) is 15.0. The monoisotopic (exact) mass is 280 g/mol. The predicted molar refractivity (Wildman–Crippen MR) is 58.7 cm³/mol. The molecule has 0 unspecified atom stereocenters. The van der Waals surface area contributed by atoms with E-state index in [1.165, 1.54) is 20.8 Å². The zero-order valence-electron chi connectivity index (χ0n) is 10.4. The van der Waals surface area contributed by atoms with E-state index in [2.05, 4.69) is 5.10 Å². The first-order chi connectivity index (χ1) is 8.42. The molecule has 1 rings (SSSR count). The Morgan fingerprint density at radius 2 is 1.89 bits per heavy atom. The molecule has 1 heterocycles. The first-order valence-corrected chi connectivity index (χ1v) is 5.18. The van der Waals surface area contributed by atoms with Crippen LogP contribution >= 0.6 is 0 Å². The Hall–Kier alpha value is -1.55. The molecule has 0 fully saturated rings. The minimum atomic E-state index is -4.81. The normalized spacial score (nSPS) is 12.4. The minimum Gasteiger partial charge on any atom is -0.442 e. The van der Waals surface area contributed by atoms with Crippen molar-refractivity contribution in [1.29, 1.82) is 0 Å². The highest BCUT2D eigenvalue weighted by molar-refractivity contribution is 6.58. The van der Waals surface area contributed by atoms with E-state index in [0.717, 1.165) is 0 Å². The van der Waals surface area contributed by atoms with Gasteiger partial charge in [-0.3, -0.25) is 0 Å². The molecule has 0 aromatic carbocycles. The van der Waals surface area contributed by atoms with Gasteiger partial charge in [-0.25, -0.2) is 4.79 Å². The first-order valence-electron chi connectivity index (χ1n) is 5.18. The number of alkyl halides is 3. The summed E-state index contributed by atoms with van der Waals surface area (Å²) in [5.74, 6) is 0. The maximum absolute atomic E-state index is 12.5. The van der Waals surface area contributed by atoms with Gasteiger partial charge in [0.05, 0.1) is 5.59 Å². The van der Waals surface area contributed by atoms with Gasteiger partial charge in [0, 0.05) is 0 Å². The van der Waals surface area contributed by atoms with Crippen molar-refractivity contribution in [2.75, 3.05) is 0 Å². The Labute approximate surface area is 106 Å². The van der Waals surface area contributed by atoms with Crippen LogP contribution in [0.2, 0.25) is 0 Å². The molecule has 1 aromatic rings. The summed E-state index contributed by atoms with van der Waals surface area (Å²) in [6.07, 6.45) is -6.04. The molecule has 0 saturated heterocycles. The molecule has 0 saturated carbocycles. The molecule has 19 heavy (non-hydrogen) atoms. The second kappa shape index (κ2) is 4.85. The molecule has 0 radical (unpaired) electrons. The van der Waals surface area contributed by atoms with Crippen LogP contribution in [0.1, 0.15) is 26.5 Å². The summed E-state index contributed by atoms with van der Waals surface area (Å²) in [5.41, 5.74) is -3.10. The van der Waals surface area contributed by atoms with Gasteiger partial charge in [0.1, 0.15) is 5.60 Å². The maximum Gasteiger partial charge on any atom is 0.508 e. The SMILES string of the molecule is CC(C)(C)OC(=O)n1nc(C(F)(F)F)cc1B(O)O. The molecule has 0 aliphatic rings. The Kier molecular flexibility index (Phi) is 3.96.